The zero-order chi connectivity index (χ0) is 13.0. The van der Waals surface area contributed by atoms with Crippen LogP contribution in [0.5, 0.6) is 0 Å². The van der Waals surface area contributed by atoms with Crippen molar-refractivity contribution in [2.45, 2.75) is 13.8 Å². The van der Waals surface area contributed by atoms with Crippen molar-refractivity contribution in [1.29, 1.82) is 0 Å². The summed E-state index contributed by atoms with van der Waals surface area (Å²) in [7, 11) is 0. The third-order valence-corrected chi connectivity index (χ3v) is 1.78. The van der Waals surface area contributed by atoms with Gasteiger partial charge in [0, 0.05) is 17.8 Å². The Morgan fingerprint density at radius 1 is 1.18 bits per heavy atom. The molecule has 0 aliphatic heterocycles. The minimum atomic E-state index is -0.800. The Hall–Kier alpha value is -2.51. The molecular weight excluding hydrogens is 228 g/mol. The van der Waals surface area contributed by atoms with Crippen molar-refractivity contribution < 1.29 is 9.85 Å². The van der Waals surface area contributed by atoms with E-state index in [1.807, 2.05) is 0 Å². The summed E-state index contributed by atoms with van der Waals surface area (Å²) in [5.41, 5.74) is 2.51. The van der Waals surface area contributed by atoms with E-state index in [0.29, 0.717) is 5.69 Å². The lowest BCUT2D eigenvalue weighted by atomic mass is 10.2. The van der Waals surface area contributed by atoms with Gasteiger partial charge in [-0.2, -0.15) is 5.10 Å². The second-order valence-corrected chi connectivity index (χ2v) is 3.39. The monoisotopic (exact) mass is 238 g/mol. The van der Waals surface area contributed by atoms with Gasteiger partial charge in [0.2, 0.25) is 0 Å². The van der Waals surface area contributed by atoms with Gasteiger partial charge >= 0.3 is 11.4 Å². The van der Waals surface area contributed by atoms with E-state index in [4.69, 9.17) is 0 Å². The largest absolute Gasteiger partial charge is 0.348 e. The molecule has 1 aromatic rings. The molecule has 0 atom stereocenters. The Bertz CT molecular complexity index is 494. The Balaban J connectivity index is 3.14. The first-order valence-electron chi connectivity index (χ1n) is 4.61. The highest BCUT2D eigenvalue weighted by Crippen LogP contribution is 2.29. The van der Waals surface area contributed by atoms with Gasteiger partial charge < -0.3 is 0 Å². The van der Waals surface area contributed by atoms with Crippen molar-refractivity contribution in [1.82, 2.24) is 0 Å². The van der Waals surface area contributed by atoms with Gasteiger partial charge in [-0.3, -0.25) is 25.7 Å². The van der Waals surface area contributed by atoms with Crippen molar-refractivity contribution in [2.24, 2.45) is 5.10 Å². The van der Waals surface area contributed by atoms with Crippen molar-refractivity contribution in [3.8, 4) is 0 Å². The summed E-state index contributed by atoms with van der Waals surface area (Å²) in [4.78, 5) is 19.6. The maximum absolute atomic E-state index is 10.7. The minimum Gasteiger partial charge on any atom is -0.278 e. The maximum atomic E-state index is 10.7. The molecular formula is C9H10N4O4. The summed E-state index contributed by atoms with van der Waals surface area (Å²) in [5, 5.41) is 25.1. The molecule has 1 rings (SSSR count). The second kappa shape index (κ2) is 5.01. The highest BCUT2D eigenvalue weighted by Gasteiger charge is 2.23. The lowest BCUT2D eigenvalue weighted by molar-refractivity contribution is -0.422. The molecule has 8 heteroatoms. The van der Waals surface area contributed by atoms with E-state index in [-0.39, 0.29) is 0 Å². The van der Waals surface area contributed by atoms with Crippen LogP contribution in [0.1, 0.15) is 13.8 Å². The van der Waals surface area contributed by atoms with E-state index in [0.717, 1.165) is 17.8 Å². The second-order valence-electron chi connectivity index (χ2n) is 3.39. The van der Waals surface area contributed by atoms with Crippen molar-refractivity contribution >= 4 is 22.8 Å². The number of nitrogens with zero attached hydrogens (tertiary/aromatic N) is 3. The van der Waals surface area contributed by atoms with Gasteiger partial charge in [-0.25, -0.2) is 0 Å². The predicted molar refractivity (Wildman–Crippen MR) is 62.2 cm³/mol. The fourth-order valence-electron chi connectivity index (χ4n) is 1.07. The predicted octanol–water partition coefficient (Wildman–Crippen LogP) is 2.31. The van der Waals surface area contributed by atoms with E-state index in [2.05, 4.69) is 10.5 Å². The summed E-state index contributed by atoms with van der Waals surface area (Å²) in [6.07, 6.45) is 0. The minimum absolute atomic E-state index is 0.323. The van der Waals surface area contributed by atoms with E-state index in [9.17, 15) is 20.2 Å². The Morgan fingerprint density at radius 2 is 1.76 bits per heavy atom. The van der Waals surface area contributed by atoms with E-state index < -0.39 is 21.2 Å². The highest BCUT2D eigenvalue weighted by molar-refractivity contribution is 5.80. The summed E-state index contributed by atoms with van der Waals surface area (Å²) >= 11 is 0. The summed E-state index contributed by atoms with van der Waals surface area (Å²) < 4.78 is 0. The third kappa shape index (κ3) is 3.23. The number of anilines is 1. The number of hydrogen-bond donors (Lipinski definition) is 1. The normalized spacial score (nSPS) is 9.53. The van der Waals surface area contributed by atoms with Gasteiger partial charge in [-0.05, 0) is 19.9 Å². The number of nitro benzene ring substituents is 2. The maximum Gasteiger partial charge on any atom is 0.348 e. The number of benzene rings is 1. The molecule has 0 fully saturated rings. The molecule has 0 saturated heterocycles. The molecule has 0 aliphatic carbocycles. The molecule has 0 unspecified atom stereocenters. The molecule has 0 saturated carbocycles. The first-order chi connectivity index (χ1) is 7.91. The van der Waals surface area contributed by atoms with Crippen LogP contribution in [-0.2, 0) is 0 Å². The molecule has 0 aliphatic rings. The summed E-state index contributed by atoms with van der Waals surface area (Å²) in [6, 6.07) is 3.50. The lowest BCUT2D eigenvalue weighted by Gasteiger charge is -2.01. The zero-order valence-corrected chi connectivity index (χ0v) is 9.21. The van der Waals surface area contributed by atoms with Crippen LogP contribution in [-0.4, -0.2) is 15.6 Å². The molecule has 0 spiro atoms. The van der Waals surface area contributed by atoms with Gasteiger partial charge in [0.1, 0.15) is 0 Å². The standard InChI is InChI=1S/C9H10N4O4/c1-6(2)10-11-7-3-4-8(12(14)15)9(5-7)13(16)17/h3-5,11H,1-2H3. The molecule has 0 radical (unpaired) electrons. The van der Waals surface area contributed by atoms with Crippen LogP contribution in [0.25, 0.3) is 0 Å². The fourth-order valence-corrected chi connectivity index (χ4v) is 1.07. The van der Waals surface area contributed by atoms with Crippen molar-refractivity contribution in [3.05, 3.63) is 38.4 Å². The molecule has 0 heterocycles. The summed E-state index contributed by atoms with van der Waals surface area (Å²) in [6.45, 7) is 3.49. The van der Waals surface area contributed by atoms with Crippen molar-refractivity contribution in [2.75, 3.05) is 5.43 Å². The van der Waals surface area contributed by atoms with Crippen LogP contribution in [0.2, 0.25) is 0 Å². The Kier molecular flexibility index (Phi) is 3.70. The van der Waals surface area contributed by atoms with E-state index >= 15 is 0 Å². The average molecular weight is 238 g/mol. The van der Waals surface area contributed by atoms with Gasteiger partial charge in [0.15, 0.2) is 0 Å². The Labute approximate surface area is 96.2 Å². The molecule has 8 nitrogen and oxygen atoms in total. The van der Waals surface area contributed by atoms with Crippen molar-refractivity contribution in [3.63, 3.8) is 0 Å². The lowest BCUT2D eigenvalue weighted by Crippen LogP contribution is -1.99. The Morgan fingerprint density at radius 3 is 2.24 bits per heavy atom. The van der Waals surface area contributed by atoms with Crippen LogP contribution in [0.3, 0.4) is 0 Å². The van der Waals surface area contributed by atoms with E-state index in [1.165, 1.54) is 6.07 Å². The number of hydrogen-bond acceptors (Lipinski definition) is 6. The van der Waals surface area contributed by atoms with Gasteiger partial charge in [0.25, 0.3) is 0 Å². The van der Waals surface area contributed by atoms with Crippen LogP contribution >= 0.6 is 0 Å². The highest BCUT2D eigenvalue weighted by atomic mass is 16.6. The van der Waals surface area contributed by atoms with Crippen LogP contribution in [0, 0.1) is 20.2 Å². The quantitative estimate of drug-likeness (QED) is 0.491. The average Bonchev–Trinajstić information content (AvgIpc) is 2.25. The molecule has 1 aromatic carbocycles. The number of nitro groups is 2. The molecule has 90 valence electrons. The van der Waals surface area contributed by atoms with Gasteiger partial charge in [-0.1, -0.05) is 0 Å². The van der Waals surface area contributed by atoms with Crippen LogP contribution in [0.4, 0.5) is 17.1 Å². The zero-order valence-electron chi connectivity index (χ0n) is 9.21. The molecule has 1 N–H and O–H groups in total. The number of nitrogens with one attached hydrogen (secondary N) is 1. The van der Waals surface area contributed by atoms with Crippen LogP contribution < -0.4 is 5.43 Å². The number of rotatable bonds is 4. The molecule has 0 aromatic heterocycles. The molecule has 17 heavy (non-hydrogen) atoms. The third-order valence-electron chi connectivity index (χ3n) is 1.78. The number of hydrazone groups is 1. The smallest absolute Gasteiger partial charge is 0.278 e. The van der Waals surface area contributed by atoms with Gasteiger partial charge in [0.05, 0.1) is 15.5 Å². The first-order valence-corrected chi connectivity index (χ1v) is 4.61. The van der Waals surface area contributed by atoms with E-state index in [1.54, 1.807) is 13.8 Å². The topological polar surface area (TPSA) is 111 Å². The SMILES string of the molecule is CC(C)=NNc1ccc([N+](=O)[O-])c([N+](=O)[O-])c1. The van der Waals surface area contributed by atoms with Gasteiger partial charge in [-0.15, -0.1) is 0 Å². The van der Waals surface area contributed by atoms with Crippen LogP contribution in [0.15, 0.2) is 23.3 Å². The molecule has 0 amide bonds. The fraction of sp³-hybridized carbons (Fsp3) is 0.222. The summed E-state index contributed by atoms with van der Waals surface area (Å²) in [5.74, 6) is 0. The molecule has 0 bridgehead atoms. The first kappa shape index (κ1) is 12.6.